The summed E-state index contributed by atoms with van der Waals surface area (Å²) in [6, 6.07) is 2.49. The summed E-state index contributed by atoms with van der Waals surface area (Å²) >= 11 is 0. The van der Waals surface area contributed by atoms with E-state index in [1.807, 2.05) is 0 Å². The smallest absolute Gasteiger partial charge is 0.310 e. The molecule has 0 spiro atoms. The molecular weight excluding hydrogens is 400 g/mol. The molecule has 0 aliphatic carbocycles. The van der Waals surface area contributed by atoms with Gasteiger partial charge < -0.3 is 19.9 Å². The lowest BCUT2D eigenvalue weighted by Gasteiger charge is -2.32. The van der Waals surface area contributed by atoms with Gasteiger partial charge in [0.25, 0.3) is 5.91 Å². The Balaban J connectivity index is 1.83. The number of piperidine rings is 1. The van der Waals surface area contributed by atoms with Gasteiger partial charge in [0.15, 0.2) is 0 Å². The molecule has 30 heavy (non-hydrogen) atoms. The van der Waals surface area contributed by atoms with Crippen molar-refractivity contribution in [1.82, 2.24) is 15.1 Å². The molecule has 8 nitrogen and oxygen atoms in total. The molecule has 1 unspecified atom stereocenters. The summed E-state index contributed by atoms with van der Waals surface area (Å²) in [6.07, 6.45) is 1.30. The molecule has 0 aromatic heterocycles. The van der Waals surface area contributed by atoms with Crippen molar-refractivity contribution in [2.45, 2.75) is 19.8 Å². The number of carbonyl (C=O) groups is 4. The van der Waals surface area contributed by atoms with Crippen LogP contribution in [0.15, 0.2) is 18.2 Å². The summed E-state index contributed by atoms with van der Waals surface area (Å²) in [5, 5.41) is 2.25. The van der Waals surface area contributed by atoms with Gasteiger partial charge in [-0.05, 0) is 31.9 Å². The van der Waals surface area contributed by atoms with Gasteiger partial charge in [0.2, 0.25) is 11.8 Å². The molecular formula is C20H25F2N3O5. The number of nitrogens with one attached hydrogen (secondary N) is 1. The minimum absolute atomic E-state index is 0.227. The Kier molecular flexibility index (Phi) is 8.25. The summed E-state index contributed by atoms with van der Waals surface area (Å²) in [5.74, 6) is -4.32. The van der Waals surface area contributed by atoms with Crippen LogP contribution < -0.4 is 5.32 Å². The van der Waals surface area contributed by atoms with E-state index < -0.39 is 30.0 Å². The van der Waals surface area contributed by atoms with Gasteiger partial charge in [-0.25, -0.2) is 8.78 Å². The fraction of sp³-hybridized carbons (Fsp3) is 0.500. The van der Waals surface area contributed by atoms with Crippen molar-refractivity contribution in [3.8, 4) is 0 Å². The van der Waals surface area contributed by atoms with E-state index in [1.54, 1.807) is 6.92 Å². The van der Waals surface area contributed by atoms with E-state index >= 15 is 0 Å². The van der Waals surface area contributed by atoms with Gasteiger partial charge >= 0.3 is 5.97 Å². The fourth-order valence-corrected chi connectivity index (χ4v) is 3.11. The third kappa shape index (κ3) is 6.23. The summed E-state index contributed by atoms with van der Waals surface area (Å²) in [5.41, 5.74) is -0.388. The Labute approximate surface area is 173 Å². The van der Waals surface area contributed by atoms with Crippen molar-refractivity contribution in [2.75, 3.05) is 39.8 Å². The monoisotopic (exact) mass is 425 g/mol. The number of halogens is 2. The normalized spacial score (nSPS) is 16.0. The van der Waals surface area contributed by atoms with Gasteiger partial charge in [-0.1, -0.05) is 0 Å². The molecule has 1 N–H and O–H groups in total. The highest BCUT2D eigenvalue weighted by atomic mass is 19.1. The minimum Gasteiger partial charge on any atom is -0.466 e. The van der Waals surface area contributed by atoms with Crippen molar-refractivity contribution >= 4 is 23.7 Å². The Hall–Kier alpha value is -3.04. The molecule has 3 amide bonds. The van der Waals surface area contributed by atoms with E-state index in [0.29, 0.717) is 25.5 Å². The molecule has 1 fully saturated rings. The molecule has 164 valence electrons. The van der Waals surface area contributed by atoms with E-state index in [2.05, 4.69) is 5.32 Å². The highest BCUT2D eigenvalue weighted by molar-refractivity contribution is 5.97. The van der Waals surface area contributed by atoms with Gasteiger partial charge in [-0.2, -0.15) is 0 Å². The first-order valence-corrected chi connectivity index (χ1v) is 9.64. The predicted molar refractivity (Wildman–Crippen MR) is 102 cm³/mol. The maximum absolute atomic E-state index is 13.6. The highest BCUT2D eigenvalue weighted by Gasteiger charge is 2.30. The number of benzene rings is 1. The first kappa shape index (κ1) is 23.2. The second kappa shape index (κ2) is 10.7. The molecule has 1 aliphatic rings. The number of nitrogens with zero attached hydrogens (tertiary/aromatic N) is 2. The Morgan fingerprint density at radius 3 is 2.67 bits per heavy atom. The molecule has 1 saturated heterocycles. The molecule has 1 aromatic rings. The van der Waals surface area contributed by atoms with Crippen molar-refractivity contribution in [2.24, 2.45) is 5.92 Å². The van der Waals surface area contributed by atoms with Crippen LogP contribution in [0, 0.1) is 17.6 Å². The number of hydrogen-bond donors (Lipinski definition) is 1. The summed E-state index contributed by atoms with van der Waals surface area (Å²) in [6.45, 7) is 2.03. The Bertz CT molecular complexity index is 818. The first-order chi connectivity index (χ1) is 14.2. The van der Waals surface area contributed by atoms with E-state index in [1.165, 1.54) is 11.9 Å². The third-order valence-electron chi connectivity index (χ3n) is 4.77. The standard InChI is InChI=1S/C20H25F2N3O5/c1-3-30-20(29)13-5-4-8-25(11-13)18(27)12-24(2)17(26)10-23-19(28)15-7-6-14(21)9-16(15)22/h6-7,9,13H,3-5,8,10-12H2,1-2H3,(H,23,28). The van der Waals surface area contributed by atoms with E-state index in [-0.39, 0.29) is 43.1 Å². The summed E-state index contributed by atoms with van der Waals surface area (Å²) in [7, 11) is 1.40. The SMILES string of the molecule is CCOC(=O)C1CCCN(C(=O)CN(C)C(=O)CNC(=O)c2ccc(F)cc2F)C1. The molecule has 0 saturated carbocycles. The van der Waals surface area contributed by atoms with Gasteiger partial charge in [-0.15, -0.1) is 0 Å². The van der Waals surface area contributed by atoms with Gasteiger partial charge in [0, 0.05) is 26.2 Å². The van der Waals surface area contributed by atoms with E-state index in [0.717, 1.165) is 17.0 Å². The fourth-order valence-electron chi connectivity index (χ4n) is 3.11. The van der Waals surface area contributed by atoms with E-state index in [4.69, 9.17) is 4.74 Å². The zero-order chi connectivity index (χ0) is 22.3. The average molecular weight is 425 g/mol. The van der Waals surface area contributed by atoms with Gasteiger partial charge in [-0.3, -0.25) is 19.2 Å². The van der Waals surface area contributed by atoms with Crippen LogP contribution in [0.3, 0.4) is 0 Å². The zero-order valence-electron chi connectivity index (χ0n) is 17.0. The van der Waals surface area contributed by atoms with Crippen molar-refractivity contribution < 1.29 is 32.7 Å². The lowest BCUT2D eigenvalue weighted by Crippen LogP contribution is -2.48. The maximum Gasteiger partial charge on any atom is 0.310 e. The van der Waals surface area contributed by atoms with Gasteiger partial charge in [0.05, 0.1) is 31.2 Å². The summed E-state index contributed by atoms with van der Waals surface area (Å²) in [4.78, 5) is 51.2. The number of esters is 1. The number of carbonyl (C=O) groups excluding carboxylic acids is 4. The molecule has 1 heterocycles. The quantitative estimate of drug-likeness (QED) is 0.657. The molecule has 10 heteroatoms. The van der Waals surface area contributed by atoms with Crippen LogP contribution in [0.5, 0.6) is 0 Å². The maximum atomic E-state index is 13.6. The Morgan fingerprint density at radius 1 is 1.27 bits per heavy atom. The van der Waals surface area contributed by atoms with Crippen LogP contribution in [-0.2, 0) is 19.1 Å². The number of ether oxygens (including phenoxy) is 1. The van der Waals surface area contributed by atoms with E-state index in [9.17, 15) is 28.0 Å². The Morgan fingerprint density at radius 2 is 2.00 bits per heavy atom. The predicted octanol–water partition coefficient (Wildman–Crippen LogP) is 0.955. The number of likely N-dealkylation sites (tertiary alicyclic amines) is 1. The number of rotatable bonds is 7. The molecule has 1 aromatic carbocycles. The van der Waals surface area contributed by atoms with Crippen LogP contribution in [0.4, 0.5) is 8.78 Å². The van der Waals surface area contributed by atoms with Gasteiger partial charge in [0.1, 0.15) is 11.6 Å². The first-order valence-electron chi connectivity index (χ1n) is 9.64. The second-order valence-electron chi connectivity index (χ2n) is 6.99. The van der Waals surface area contributed by atoms with Crippen LogP contribution in [0.1, 0.15) is 30.1 Å². The third-order valence-corrected chi connectivity index (χ3v) is 4.77. The van der Waals surface area contributed by atoms with Crippen molar-refractivity contribution in [3.63, 3.8) is 0 Å². The highest BCUT2D eigenvalue weighted by Crippen LogP contribution is 2.18. The molecule has 1 aliphatic heterocycles. The van der Waals surface area contributed by atoms with Crippen molar-refractivity contribution in [1.29, 1.82) is 0 Å². The lowest BCUT2D eigenvalue weighted by atomic mass is 9.98. The molecule has 1 atom stereocenters. The molecule has 0 bridgehead atoms. The second-order valence-corrected chi connectivity index (χ2v) is 6.99. The number of amides is 3. The van der Waals surface area contributed by atoms with Crippen LogP contribution in [0.25, 0.3) is 0 Å². The zero-order valence-corrected chi connectivity index (χ0v) is 17.0. The number of likely N-dealkylation sites (N-methyl/N-ethyl adjacent to an activating group) is 1. The largest absolute Gasteiger partial charge is 0.466 e. The molecule has 2 rings (SSSR count). The van der Waals surface area contributed by atoms with Crippen LogP contribution in [-0.4, -0.2) is 73.3 Å². The van der Waals surface area contributed by atoms with Crippen LogP contribution in [0.2, 0.25) is 0 Å². The minimum atomic E-state index is -1.04. The van der Waals surface area contributed by atoms with Crippen LogP contribution >= 0.6 is 0 Å². The number of hydrogen-bond acceptors (Lipinski definition) is 5. The average Bonchev–Trinajstić information content (AvgIpc) is 2.71. The lowest BCUT2D eigenvalue weighted by molar-refractivity contribution is -0.152. The summed E-state index contributed by atoms with van der Waals surface area (Å²) < 4.78 is 31.5. The van der Waals surface area contributed by atoms with Crippen molar-refractivity contribution in [3.05, 3.63) is 35.4 Å². The topological polar surface area (TPSA) is 96.0 Å². The molecule has 0 radical (unpaired) electrons.